The SMILES string of the molecule is CCNC(=O)CN1Cc2nc(N3CCOC[C@@H]3C)nc(-c3ccc(NC(=O)NCCO)cc3)c2C1. The molecule has 2 aliphatic heterocycles. The van der Waals surface area contributed by atoms with E-state index in [4.69, 9.17) is 19.8 Å². The molecule has 1 atom stereocenters. The van der Waals surface area contributed by atoms with E-state index in [1.807, 2.05) is 31.2 Å². The molecular weight excluding hydrogens is 450 g/mol. The van der Waals surface area contributed by atoms with Gasteiger partial charge < -0.3 is 30.7 Å². The second-order valence-corrected chi connectivity index (χ2v) is 8.70. The number of fused-ring (bicyclic) bond motifs is 1. The molecule has 0 spiro atoms. The molecule has 1 saturated heterocycles. The van der Waals surface area contributed by atoms with E-state index in [2.05, 4.69) is 32.7 Å². The number of urea groups is 1. The lowest BCUT2D eigenvalue weighted by molar-refractivity contribution is -0.122. The van der Waals surface area contributed by atoms with Crippen molar-refractivity contribution in [3.05, 3.63) is 35.5 Å². The fourth-order valence-electron chi connectivity index (χ4n) is 4.32. The third-order valence-corrected chi connectivity index (χ3v) is 6.02. The Hall–Kier alpha value is -3.28. The van der Waals surface area contributed by atoms with Crippen LogP contribution in [0.15, 0.2) is 24.3 Å². The Morgan fingerprint density at radius 3 is 2.69 bits per heavy atom. The largest absolute Gasteiger partial charge is 0.395 e. The third-order valence-electron chi connectivity index (χ3n) is 6.02. The average molecular weight is 484 g/mol. The van der Waals surface area contributed by atoms with Gasteiger partial charge in [-0.05, 0) is 26.0 Å². The Bertz CT molecular complexity index is 1050. The maximum atomic E-state index is 12.2. The van der Waals surface area contributed by atoms with Gasteiger partial charge in [0.25, 0.3) is 0 Å². The van der Waals surface area contributed by atoms with Crippen molar-refractivity contribution in [1.29, 1.82) is 0 Å². The number of carbonyl (C=O) groups is 2. The molecule has 11 heteroatoms. The number of hydrogen-bond donors (Lipinski definition) is 4. The number of benzene rings is 1. The van der Waals surface area contributed by atoms with Crippen molar-refractivity contribution in [1.82, 2.24) is 25.5 Å². The Morgan fingerprint density at radius 1 is 1.17 bits per heavy atom. The first-order valence-corrected chi connectivity index (χ1v) is 12.0. The first kappa shape index (κ1) is 24.8. The minimum Gasteiger partial charge on any atom is -0.395 e. The molecule has 3 amide bonds. The molecule has 2 aromatic rings. The number of amides is 3. The van der Waals surface area contributed by atoms with Crippen molar-refractivity contribution >= 4 is 23.6 Å². The lowest BCUT2D eigenvalue weighted by Crippen LogP contribution is -2.44. The van der Waals surface area contributed by atoms with Gasteiger partial charge in [-0.25, -0.2) is 14.8 Å². The second-order valence-electron chi connectivity index (χ2n) is 8.70. The monoisotopic (exact) mass is 483 g/mol. The summed E-state index contributed by atoms with van der Waals surface area (Å²) in [5.74, 6) is 0.659. The maximum absolute atomic E-state index is 12.2. The van der Waals surface area contributed by atoms with Crippen LogP contribution in [-0.4, -0.2) is 84.0 Å². The molecule has 188 valence electrons. The number of morpholine rings is 1. The topological polar surface area (TPSA) is 132 Å². The minimum atomic E-state index is -0.376. The van der Waals surface area contributed by atoms with E-state index in [1.165, 1.54) is 0 Å². The van der Waals surface area contributed by atoms with Gasteiger partial charge in [0.05, 0.1) is 43.8 Å². The summed E-state index contributed by atoms with van der Waals surface area (Å²) in [6, 6.07) is 7.26. The molecule has 0 unspecified atom stereocenters. The van der Waals surface area contributed by atoms with Crippen LogP contribution in [0.2, 0.25) is 0 Å². The zero-order valence-electron chi connectivity index (χ0n) is 20.2. The van der Waals surface area contributed by atoms with Crippen LogP contribution in [0.3, 0.4) is 0 Å². The smallest absolute Gasteiger partial charge is 0.319 e. The second kappa shape index (κ2) is 11.4. The molecule has 11 nitrogen and oxygen atoms in total. The van der Waals surface area contributed by atoms with E-state index in [-0.39, 0.29) is 31.1 Å². The summed E-state index contributed by atoms with van der Waals surface area (Å²) in [6.07, 6.45) is 0. The van der Waals surface area contributed by atoms with Gasteiger partial charge in [0.1, 0.15) is 0 Å². The van der Waals surface area contributed by atoms with Crippen LogP contribution >= 0.6 is 0 Å². The van der Waals surface area contributed by atoms with Crippen LogP contribution in [0.5, 0.6) is 0 Å². The van der Waals surface area contributed by atoms with Gasteiger partial charge in [-0.1, -0.05) is 12.1 Å². The number of nitrogens with zero attached hydrogens (tertiary/aromatic N) is 4. The van der Waals surface area contributed by atoms with E-state index in [9.17, 15) is 9.59 Å². The summed E-state index contributed by atoms with van der Waals surface area (Å²) in [6.45, 7) is 8.11. The van der Waals surface area contributed by atoms with E-state index in [0.29, 0.717) is 57.6 Å². The Morgan fingerprint density at radius 2 is 1.97 bits per heavy atom. The van der Waals surface area contributed by atoms with Crippen LogP contribution in [-0.2, 0) is 22.6 Å². The fourth-order valence-corrected chi connectivity index (χ4v) is 4.32. The van der Waals surface area contributed by atoms with E-state index in [1.54, 1.807) is 0 Å². The van der Waals surface area contributed by atoms with Gasteiger partial charge >= 0.3 is 6.03 Å². The summed E-state index contributed by atoms with van der Waals surface area (Å²) in [4.78, 5) is 38.2. The number of ether oxygens (including phenoxy) is 1. The summed E-state index contributed by atoms with van der Waals surface area (Å²) in [5, 5.41) is 17.0. The van der Waals surface area contributed by atoms with Gasteiger partial charge in [0.15, 0.2) is 0 Å². The third kappa shape index (κ3) is 6.05. The van der Waals surface area contributed by atoms with Gasteiger partial charge in [-0.15, -0.1) is 0 Å². The van der Waals surface area contributed by atoms with Crippen LogP contribution in [0, 0.1) is 0 Å². The predicted octanol–water partition coefficient (Wildman–Crippen LogP) is 0.934. The molecule has 4 rings (SSSR count). The lowest BCUT2D eigenvalue weighted by atomic mass is 10.1. The molecule has 1 fully saturated rings. The minimum absolute atomic E-state index is 0.00765. The number of carbonyl (C=O) groups excluding carboxylic acids is 2. The number of aliphatic hydroxyl groups is 1. The number of anilines is 2. The van der Waals surface area contributed by atoms with E-state index in [0.717, 1.165) is 22.5 Å². The zero-order valence-corrected chi connectivity index (χ0v) is 20.2. The van der Waals surface area contributed by atoms with Gasteiger partial charge in [0, 0.05) is 49.5 Å². The molecule has 35 heavy (non-hydrogen) atoms. The number of aromatic nitrogens is 2. The van der Waals surface area contributed by atoms with E-state index >= 15 is 0 Å². The molecule has 0 aliphatic carbocycles. The van der Waals surface area contributed by atoms with Gasteiger partial charge in [0.2, 0.25) is 11.9 Å². The number of aliphatic hydroxyl groups excluding tert-OH is 1. The lowest BCUT2D eigenvalue weighted by Gasteiger charge is -2.33. The Labute approximate surface area is 204 Å². The molecular formula is C24H33N7O4. The Kier molecular flexibility index (Phi) is 8.11. The van der Waals surface area contributed by atoms with Crippen molar-refractivity contribution in [2.24, 2.45) is 0 Å². The number of nitrogens with one attached hydrogen (secondary N) is 3. The summed E-state index contributed by atoms with van der Waals surface area (Å²) in [5.41, 5.74) is 4.32. The highest BCUT2D eigenvalue weighted by atomic mass is 16.5. The predicted molar refractivity (Wildman–Crippen MR) is 132 cm³/mol. The van der Waals surface area contributed by atoms with Crippen LogP contribution in [0.25, 0.3) is 11.3 Å². The number of hydrogen-bond acceptors (Lipinski definition) is 8. The van der Waals surface area contributed by atoms with E-state index < -0.39 is 0 Å². The molecule has 0 saturated carbocycles. The maximum Gasteiger partial charge on any atom is 0.319 e. The molecule has 4 N–H and O–H groups in total. The van der Waals surface area contributed by atoms with Crippen LogP contribution in [0.4, 0.5) is 16.4 Å². The highest BCUT2D eigenvalue weighted by Crippen LogP contribution is 2.33. The van der Waals surface area contributed by atoms with Crippen molar-refractivity contribution in [2.75, 3.05) is 56.2 Å². The first-order chi connectivity index (χ1) is 17.0. The Balaban J connectivity index is 1.61. The molecule has 0 radical (unpaired) electrons. The van der Waals surface area contributed by atoms with Crippen LogP contribution in [0.1, 0.15) is 25.1 Å². The fraction of sp³-hybridized carbons (Fsp3) is 0.500. The molecule has 0 bridgehead atoms. The van der Waals surface area contributed by atoms with Crippen molar-refractivity contribution in [2.45, 2.75) is 33.0 Å². The number of likely N-dealkylation sites (N-methyl/N-ethyl adjacent to an activating group) is 1. The zero-order chi connectivity index (χ0) is 24.8. The molecule has 1 aromatic carbocycles. The quantitative estimate of drug-likeness (QED) is 0.436. The summed E-state index contributed by atoms with van der Waals surface area (Å²) >= 11 is 0. The average Bonchev–Trinajstić information content (AvgIpc) is 3.25. The van der Waals surface area contributed by atoms with Crippen molar-refractivity contribution in [3.8, 4) is 11.3 Å². The van der Waals surface area contributed by atoms with Gasteiger partial charge in [-0.2, -0.15) is 0 Å². The summed E-state index contributed by atoms with van der Waals surface area (Å²) in [7, 11) is 0. The summed E-state index contributed by atoms with van der Waals surface area (Å²) < 4.78 is 5.59. The number of rotatable bonds is 8. The van der Waals surface area contributed by atoms with Crippen molar-refractivity contribution < 1.29 is 19.4 Å². The van der Waals surface area contributed by atoms with Crippen LogP contribution < -0.4 is 20.9 Å². The highest BCUT2D eigenvalue weighted by Gasteiger charge is 2.30. The molecule has 2 aliphatic rings. The van der Waals surface area contributed by atoms with Crippen molar-refractivity contribution in [3.63, 3.8) is 0 Å². The normalized spacial score (nSPS) is 17.7. The molecule has 1 aromatic heterocycles. The molecule has 3 heterocycles. The standard InChI is InChI=1S/C24H33N7O4/c1-3-25-21(33)14-30-12-19-20(13-30)28-23(31-9-11-35-15-16(31)2)29-22(19)17-4-6-18(7-5-17)27-24(34)26-8-10-32/h4-7,16,32H,3,8-15H2,1-2H3,(H,25,33)(H2,26,27,34)/t16-/m0/s1. The first-order valence-electron chi connectivity index (χ1n) is 12.0. The van der Waals surface area contributed by atoms with Gasteiger partial charge in [-0.3, -0.25) is 9.69 Å². The highest BCUT2D eigenvalue weighted by molar-refractivity contribution is 5.89.